The van der Waals surface area contributed by atoms with Crippen LogP contribution in [0.4, 0.5) is 0 Å². The van der Waals surface area contributed by atoms with Crippen molar-refractivity contribution in [1.82, 2.24) is 25.3 Å². The third-order valence-corrected chi connectivity index (χ3v) is 5.69. The fourth-order valence-corrected chi connectivity index (χ4v) is 3.73. The van der Waals surface area contributed by atoms with Crippen LogP contribution in [0.5, 0.6) is 0 Å². The van der Waals surface area contributed by atoms with Gasteiger partial charge in [-0.25, -0.2) is 0 Å². The number of hydrogen-bond donors (Lipinski definition) is 5. The van der Waals surface area contributed by atoms with Crippen LogP contribution in [0.15, 0.2) is 0 Å². The fraction of sp³-hybridized carbons (Fsp3) is 0.800. The molecule has 0 rings (SSSR count). The lowest BCUT2D eigenvalue weighted by Gasteiger charge is -2.28. The van der Waals surface area contributed by atoms with Gasteiger partial charge in [0.25, 0.3) is 0 Å². The molecule has 1 amide bonds. The SMILES string of the molecule is CCCCCNCC(=O)CN(CCN(CCN(CC(=O)O)CC(=O)NCCCCC)CC(=O)O)CC(=O)O. The second-order valence-corrected chi connectivity index (χ2v) is 9.36. The summed E-state index contributed by atoms with van der Waals surface area (Å²) in [4.78, 5) is 62.9. The van der Waals surface area contributed by atoms with E-state index >= 15 is 0 Å². The van der Waals surface area contributed by atoms with E-state index in [9.17, 15) is 39.3 Å². The van der Waals surface area contributed by atoms with Crippen LogP contribution in [0.3, 0.4) is 0 Å². The molecule has 5 N–H and O–H groups in total. The van der Waals surface area contributed by atoms with Crippen molar-refractivity contribution >= 4 is 29.6 Å². The number of nitrogens with zero attached hydrogens (tertiary/aromatic N) is 3. The molecule has 0 radical (unpaired) electrons. The molecule has 0 bridgehead atoms. The first kappa shape index (κ1) is 35.4. The Hall–Kier alpha value is -2.61. The van der Waals surface area contributed by atoms with E-state index in [2.05, 4.69) is 17.6 Å². The molecule has 0 aliphatic heterocycles. The summed E-state index contributed by atoms with van der Waals surface area (Å²) in [6.07, 6.45) is 5.89. The average Bonchev–Trinajstić information content (AvgIpc) is 2.82. The number of Topliss-reactive ketones (excluding diaryl/α,β-unsaturated/α-hetero) is 1. The van der Waals surface area contributed by atoms with E-state index in [1.165, 1.54) is 9.80 Å². The summed E-state index contributed by atoms with van der Waals surface area (Å²) < 4.78 is 0. The molecule has 0 saturated heterocycles. The smallest absolute Gasteiger partial charge is 0.317 e. The summed E-state index contributed by atoms with van der Waals surface area (Å²) in [5, 5.41) is 33.6. The highest BCUT2D eigenvalue weighted by Gasteiger charge is 2.19. The average molecular weight is 546 g/mol. The molecule has 0 aromatic carbocycles. The predicted octanol–water partition coefficient (Wildman–Crippen LogP) is -0.198. The van der Waals surface area contributed by atoms with Crippen molar-refractivity contribution < 1.29 is 39.3 Å². The number of amides is 1. The number of ketones is 1. The summed E-state index contributed by atoms with van der Waals surface area (Å²) >= 11 is 0. The van der Waals surface area contributed by atoms with Crippen molar-refractivity contribution in [3.8, 4) is 0 Å². The van der Waals surface area contributed by atoms with E-state index in [0.29, 0.717) is 13.1 Å². The van der Waals surface area contributed by atoms with E-state index in [0.717, 1.165) is 38.5 Å². The first-order valence-electron chi connectivity index (χ1n) is 13.4. The van der Waals surface area contributed by atoms with Crippen molar-refractivity contribution in [3.05, 3.63) is 0 Å². The second kappa shape index (κ2) is 22.4. The Bertz CT molecular complexity index is 722. The Morgan fingerprint density at radius 3 is 1.53 bits per heavy atom. The van der Waals surface area contributed by atoms with Gasteiger partial charge in [-0.3, -0.25) is 38.7 Å². The number of hydrogen-bond acceptors (Lipinski definition) is 9. The Kier molecular flexibility index (Phi) is 20.8. The zero-order valence-electron chi connectivity index (χ0n) is 23.0. The normalized spacial score (nSPS) is 11.3. The van der Waals surface area contributed by atoms with Crippen molar-refractivity contribution in [3.63, 3.8) is 0 Å². The lowest BCUT2D eigenvalue weighted by atomic mass is 10.2. The van der Waals surface area contributed by atoms with Crippen LogP contribution in [0, 0.1) is 0 Å². The maximum Gasteiger partial charge on any atom is 0.317 e. The van der Waals surface area contributed by atoms with Crippen molar-refractivity contribution in [2.45, 2.75) is 52.4 Å². The largest absolute Gasteiger partial charge is 0.480 e. The van der Waals surface area contributed by atoms with Crippen molar-refractivity contribution in [1.29, 1.82) is 0 Å². The summed E-state index contributed by atoms with van der Waals surface area (Å²) in [7, 11) is 0. The Labute approximate surface area is 225 Å². The van der Waals surface area contributed by atoms with Crippen LogP contribution in [-0.2, 0) is 24.0 Å². The molecule has 0 atom stereocenters. The summed E-state index contributed by atoms with van der Waals surface area (Å²) in [5.74, 6) is -3.77. The van der Waals surface area contributed by atoms with Gasteiger partial charge < -0.3 is 26.0 Å². The van der Waals surface area contributed by atoms with Crippen LogP contribution < -0.4 is 10.6 Å². The van der Waals surface area contributed by atoms with E-state index in [1.54, 1.807) is 4.90 Å². The van der Waals surface area contributed by atoms with Gasteiger partial charge in [-0.1, -0.05) is 39.5 Å². The molecule has 0 aliphatic rings. The minimum absolute atomic E-state index is 0.0860. The van der Waals surface area contributed by atoms with Crippen LogP contribution in [-0.4, -0.2) is 138 Å². The summed E-state index contributed by atoms with van der Waals surface area (Å²) in [6.45, 7) is 4.71. The quantitative estimate of drug-likeness (QED) is 0.0905. The van der Waals surface area contributed by atoms with Crippen LogP contribution in [0.1, 0.15) is 52.4 Å². The first-order chi connectivity index (χ1) is 18.1. The number of carboxylic acid groups (broad SMARTS) is 3. The van der Waals surface area contributed by atoms with Crippen molar-refractivity contribution in [2.24, 2.45) is 0 Å². The molecule has 13 heteroatoms. The highest BCUT2D eigenvalue weighted by atomic mass is 16.4. The molecule has 0 unspecified atom stereocenters. The van der Waals surface area contributed by atoms with Gasteiger partial charge in [-0.2, -0.15) is 0 Å². The molecule has 13 nitrogen and oxygen atoms in total. The van der Waals surface area contributed by atoms with E-state index < -0.39 is 17.9 Å². The maximum atomic E-state index is 12.3. The summed E-state index contributed by atoms with van der Waals surface area (Å²) in [6, 6.07) is 0. The third-order valence-electron chi connectivity index (χ3n) is 5.69. The lowest BCUT2D eigenvalue weighted by Crippen LogP contribution is -2.47. The van der Waals surface area contributed by atoms with Crippen LogP contribution >= 0.6 is 0 Å². The molecule has 0 fully saturated rings. The minimum Gasteiger partial charge on any atom is -0.480 e. The number of rotatable bonds is 26. The monoisotopic (exact) mass is 545 g/mol. The molecule has 0 saturated carbocycles. The zero-order chi connectivity index (χ0) is 28.8. The van der Waals surface area contributed by atoms with Gasteiger partial charge in [0.15, 0.2) is 5.78 Å². The van der Waals surface area contributed by atoms with Gasteiger partial charge in [0, 0.05) is 32.7 Å². The van der Waals surface area contributed by atoms with E-state index in [1.807, 2.05) is 6.92 Å². The van der Waals surface area contributed by atoms with E-state index in [4.69, 9.17) is 0 Å². The van der Waals surface area contributed by atoms with Crippen molar-refractivity contribution in [2.75, 3.05) is 78.5 Å². The Morgan fingerprint density at radius 1 is 0.579 bits per heavy atom. The number of nitrogens with one attached hydrogen (secondary N) is 2. The van der Waals surface area contributed by atoms with E-state index in [-0.39, 0.29) is 77.1 Å². The number of carbonyl (C=O) groups excluding carboxylic acids is 2. The Balaban J connectivity index is 4.95. The predicted molar refractivity (Wildman–Crippen MR) is 142 cm³/mol. The number of carboxylic acids is 3. The van der Waals surface area contributed by atoms with Gasteiger partial charge in [-0.05, 0) is 19.4 Å². The molecular formula is C25H47N5O8. The topological polar surface area (TPSA) is 180 Å². The van der Waals surface area contributed by atoms with Gasteiger partial charge in [-0.15, -0.1) is 0 Å². The third kappa shape index (κ3) is 21.5. The van der Waals surface area contributed by atoms with Crippen LogP contribution in [0.25, 0.3) is 0 Å². The number of aliphatic carboxylic acids is 3. The zero-order valence-corrected chi connectivity index (χ0v) is 23.0. The standard InChI is InChI=1S/C25H47N5O8/c1-3-5-7-9-26-15-21(31)16-29(19-24(35)36)13-11-28(18-23(33)34)12-14-30(20-25(37)38)17-22(32)27-10-8-6-4-2/h26H,3-20H2,1-2H3,(H,27,32)(H,33,34)(H,35,36)(H,37,38). The maximum absolute atomic E-state index is 12.3. The minimum atomic E-state index is -1.11. The summed E-state index contributed by atoms with van der Waals surface area (Å²) in [5.41, 5.74) is 0. The Morgan fingerprint density at radius 2 is 1.03 bits per heavy atom. The molecule has 0 heterocycles. The van der Waals surface area contributed by atoms with Gasteiger partial charge >= 0.3 is 17.9 Å². The first-order valence-corrected chi connectivity index (χ1v) is 13.4. The van der Waals surface area contributed by atoms with Gasteiger partial charge in [0.05, 0.1) is 39.3 Å². The number of unbranched alkanes of at least 4 members (excludes halogenated alkanes) is 4. The second-order valence-electron chi connectivity index (χ2n) is 9.36. The van der Waals surface area contributed by atoms with Gasteiger partial charge in [0.1, 0.15) is 0 Å². The van der Waals surface area contributed by atoms with Gasteiger partial charge in [0.2, 0.25) is 5.91 Å². The fourth-order valence-electron chi connectivity index (χ4n) is 3.73. The molecule has 220 valence electrons. The molecular weight excluding hydrogens is 498 g/mol. The number of carbonyl (C=O) groups is 5. The highest BCUT2D eigenvalue weighted by Crippen LogP contribution is 1.98. The molecule has 0 aromatic heterocycles. The molecule has 0 spiro atoms. The lowest BCUT2D eigenvalue weighted by molar-refractivity contribution is -0.141. The molecule has 0 aliphatic carbocycles. The molecule has 0 aromatic rings. The molecule has 38 heavy (non-hydrogen) atoms. The van der Waals surface area contributed by atoms with Crippen LogP contribution in [0.2, 0.25) is 0 Å². The highest BCUT2D eigenvalue weighted by molar-refractivity contribution is 5.83.